The van der Waals surface area contributed by atoms with Crippen LogP contribution in [0.25, 0.3) is 120 Å². The highest BCUT2D eigenvalue weighted by molar-refractivity contribution is 6.28. The van der Waals surface area contributed by atoms with Gasteiger partial charge in [0.05, 0.1) is 0 Å². The lowest BCUT2D eigenvalue weighted by molar-refractivity contribution is 1.63. The normalized spacial score (nSPS) is 11.9. The summed E-state index contributed by atoms with van der Waals surface area (Å²) >= 11 is 0. The molecule has 0 fully saturated rings. The molecular formula is C56H34. The van der Waals surface area contributed by atoms with E-state index in [1.165, 1.54) is 120 Å². The molecule has 0 N–H and O–H groups in total. The second-order valence-corrected chi connectivity index (χ2v) is 15.2. The largest absolute Gasteiger partial charge is 0.0616 e. The molecule has 0 aromatic heterocycles. The molecule has 0 amide bonds. The van der Waals surface area contributed by atoms with E-state index in [1.807, 2.05) is 0 Å². The predicted octanol–water partition coefficient (Wildman–Crippen LogP) is 15.9. The lowest BCUT2D eigenvalue weighted by Crippen LogP contribution is -1.90. The van der Waals surface area contributed by atoms with Gasteiger partial charge in [0.25, 0.3) is 0 Å². The molecule has 0 saturated carbocycles. The standard InChI is InChI=1S/C56H34/c1-3-15-43-35(9-1)21-29-51-45(17-7-19-49(43)51)39-11-5-13-41(33-39)47-27-23-37-26-32-54-48(28-24-38-25-31-53(47)55(37)56(38)54)42-14-6-12-40(34-42)46-18-8-20-50-44-16-4-2-10-36(44)22-30-52(46)50/h1-34H. The van der Waals surface area contributed by atoms with E-state index >= 15 is 0 Å². The highest BCUT2D eigenvalue weighted by Gasteiger charge is 2.17. The molecule has 12 rings (SSSR count). The quantitative estimate of drug-likeness (QED) is 0.160. The fourth-order valence-corrected chi connectivity index (χ4v) is 9.60. The van der Waals surface area contributed by atoms with Crippen LogP contribution in [0.2, 0.25) is 0 Å². The van der Waals surface area contributed by atoms with Crippen LogP contribution in [0.1, 0.15) is 0 Å². The lowest BCUT2D eigenvalue weighted by atomic mass is 9.86. The Hall–Kier alpha value is -7.28. The maximum Gasteiger partial charge on any atom is -0.00203 e. The van der Waals surface area contributed by atoms with Crippen molar-refractivity contribution in [3.8, 4) is 44.5 Å². The maximum absolute atomic E-state index is 2.38. The van der Waals surface area contributed by atoms with Crippen molar-refractivity contribution in [1.29, 1.82) is 0 Å². The first-order valence-corrected chi connectivity index (χ1v) is 19.5. The number of rotatable bonds is 4. The van der Waals surface area contributed by atoms with Crippen LogP contribution in [0.3, 0.4) is 0 Å². The molecule has 0 aliphatic heterocycles. The lowest BCUT2D eigenvalue weighted by Gasteiger charge is -2.17. The van der Waals surface area contributed by atoms with Crippen LogP contribution in [0.15, 0.2) is 206 Å². The van der Waals surface area contributed by atoms with Gasteiger partial charge >= 0.3 is 0 Å². The molecule has 0 heteroatoms. The zero-order valence-electron chi connectivity index (χ0n) is 30.6. The Bertz CT molecular complexity index is 3290. The van der Waals surface area contributed by atoms with Crippen molar-refractivity contribution in [2.75, 3.05) is 0 Å². The molecule has 0 atom stereocenters. The van der Waals surface area contributed by atoms with Gasteiger partial charge in [-0.05, 0) is 132 Å². The summed E-state index contributed by atoms with van der Waals surface area (Å²) in [5, 5.41) is 18.1. The van der Waals surface area contributed by atoms with Gasteiger partial charge in [0.15, 0.2) is 0 Å². The molecule has 0 saturated heterocycles. The Balaban J connectivity index is 1.00. The van der Waals surface area contributed by atoms with E-state index in [9.17, 15) is 0 Å². The van der Waals surface area contributed by atoms with Crippen molar-refractivity contribution in [2.45, 2.75) is 0 Å². The van der Waals surface area contributed by atoms with Crippen molar-refractivity contribution >= 4 is 75.4 Å². The summed E-state index contributed by atoms with van der Waals surface area (Å²) in [5.74, 6) is 0. The molecule has 12 aromatic carbocycles. The molecule has 0 radical (unpaired) electrons. The summed E-state index contributed by atoms with van der Waals surface area (Å²) in [4.78, 5) is 0. The maximum atomic E-state index is 2.38. The smallest absolute Gasteiger partial charge is 0.00203 e. The average Bonchev–Trinajstić information content (AvgIpc) is 3.27. The van der Waals surface area contributed by atoms with Gasteiger partial charge in [-0.25, -0.2) is 0 Å². The van der Waals surface area contributed by atoms with Crippen LogP contribution in [0.5, 0.6) is 0 Å². The molecule has 0 spiro atoms. The van der Waals surface area contributed by atoms with Gasteiger partial charge in [-0.1, -0.05) is 194 Å². The summed E-state index contributed by atoms with van der Waals surface area (Å²) in [7, 11) is 0. The van der Waals surface area contributed by atoms with E-state index in [0.717, 1.165) is 0 Å². The van der Waals surface area contributed by atoms with Gasteiger partial charge in [0.2, 0.25) is 0 Å². The highest BCUT2D eigenvalue weighted by atomic mass is 14.2. The minimum absolute atomic E-state index is 1.23. The summed E-state index contributed by atoms with van der Waals surface area (Å²) < 4.78 is 0. The van der Waals surface area contributed by atoms with Crippen LogP contribution in [-0.2, 0) is 0 Å². The van der Waals surface area contributed by atoms with E-state index in [2.05, 4.69) is 206 Å². The second kappa shape index (κ2) is 12.1. The third-order valence-corrected chi connectivity index (χ3v) is 12.2. The Morgan fingerprint density at radius 3 is 0.982 bits per heavy atom. The third-order valence-electron chi connectivity index (χ3n) is 12.2. The van der Waals surface area contributed by atoms with Crippen molar-refractivity contribution in [1.82, 2.24) is 0 Å². The molecule has 0 aliphatic carbocycles. The average molecular weight is 707 g/mol. The Morgan fingerprint density at radius 1 is 0.179 bits per heavy atom. The van der Waals surface area contributed by atoms with Crippen LogP contribution >= 0.6 is 0 Å². The van der Waals surface area contributed by atoms with Crippen LogP contribution in [0.4, 0.5) is 0 Å². The predicted molar refractivity (Wildman–Crippen MR) is 242 cm³/mol. The topological polar surface area (TPSA) is 0 Å². The van der Waals surface area contributed by atoms with Gasteiger partial charge in [-0.15, -0.1) is 0 Å². The van der Waals surface area contributed by atoms with Gasteiger partial charge in [0.1, 0.15) is 0 Å². The Kier molecular flexibility index (Phi) is 6.73. The van der Waals surface area contributed by atoms with E-state index in [0.29, 0.717) is 0 Å². The molecule has 0 aliphatic rings. The van der Waals surface area contributed by atoms with Crippen LogP contribution < -0.4 is 0 Å². The molecule has 0 bridgehead atoms. The third kappa shape index (κ3) is 4.66. The van der Waals surface area contributed by atoms with E-state index < -0.39 is 0 Å². The highest BCUT2D eigenvalue weighted by Crippen LogP contribution is 2.44. The molecule has 0 heterocycles. The molecule has 56 heavy (non-hydrogen) atoms. The summed E-state index contributed by atoms with van der Waals surface area (Å²) in [6.45, 7) is 0. The minimum Gasteiger partial charge on any atom is -0.0616 e. The molecule has 0 nitrogen and oxygen atoms in total. The van der Waals surface area contributed by atoms with Crippen LogP contribution in [-0.4, -0.2) is 0 Å². The fraction of sp³-hybridized carbons (Fsp3) is 0. The molecule has 0 unspecified atom stereocenters. The van der Waals surface area contributed by atoms with Crippen molar-refractivity contribution in [2.24, 2.45) is 0 Å². The van der Waals surface area contributed by atoms with E-state index in [1.54, 1.807) is 0 Å². The van der Waals surface area contributed by atoms with E-state index in [4.69, 9.17) is 0 Å². The second-order valence-electron chi connectivity index (χ2n) is 15.2. The molecule has 12 aromatic rings. The van der Waals surface area contributed by atoms with Gasteiger partial charge in [-0.3, -0.25) is 0 Å². The van der Waals surface area contributed by atoms with Crippen molar-refractivity contribution in [3.63, 3.8) is 0 Å². The zero-order chi connectivity index (χ0) is 36.7. The number of hydrogen-bond donors (Lipinski definition) is 0. The Morgan fingerprint density at radius 2 is 0.518 bits per heavy atom. The van der Waals surface area contributed by atoms with Gasteiger partial charge in [0, 0.05) is 0 Å². The first-order chi connectivity index (χ1) is 27.8. The number of hydrogen-bond acceptors (Lipinski definition) is 0. The van der Waals surface area contributed by atoms with Gasteiger partial charge < -0.3 is 0 Å². The fourth-order valence-electron chi connectivity index (χ4n) is 9.60. The van der Waals surface area contributed by atoms with Gasteiger partial charge in [-0.2, -0.15) is 0 Å². The van der Waals surface area contributed by atoms with Crippen molar-refractivity contribution in [3.05, 3.63) is 206 Å². The van der Waals surface area contributed by atoms with Crippen molar-refractivity contribution < 1.29 is 0 Å². The summed E-state index contributed by atoms with van der Waals surface area (Å²) in [6, 6.07) is 76.6. The van der Waals surface area contributed by atoms with Crippen LogP contribution in [0, 0.1) is 0 Å². The first-order valence-electron chi connectivity index (χ1n) is 19.5. The first kappa shape index (κ1) is 31.1. The summed E-state index contributed by atoms with van der Waals surface area (Å²) in [6.07, 6.45) is 0. The van der Waals surface area contributed by atoms with E-state index in [-0.39, 0.29) is 0 Å². The zero-order valence-corrected chi connectivity index (χ0v) is 30.6. The number of fused-ring (bicyclic) bond motifs is 6. The summed E-state index contributed by atoms with van der Waals surface area (Å²) in [5.41, 5.74) is 9.97. The molecular weight excluding hydrogens is 673 g/mol. The minimum atomic E-state index is 1.23. The number of benzene rings is 12. The monoisotopic (exact) mass is 706 g/mol. The SMILES string of the molecule is c1cc(-c2cccc3c2ccc2ccccc23)cc(-c2ccc3ccc4c(-c5cccc(-c6cccc7c6ccc6ccccc67)c5)ccc5ccc2c3c54)c1. The molecule has 258 valence electrons. The Labute approximate surface area is 324 Å².